The van der Waals surface area contributed by atoms with E-state index in [4.69, 9.17) is 0 Å². The molecule has 0 aliphatic carbocycles. The predicted molar refractivity (Wildman–Crippen MR) is 111 cm³/mol. The van der Waals surface area contributed by atoms with E-state index in [1.54, 1.807) is 12.1 Å². The number of halogens is 1. The minimum atomic E-state index is -0.237. The Morgan fingerprint density at radius 3 is 2.43 bits per heavy atom. The third-order valence-electron chi connectivity index (χ3n) is 4.55. The van der Waals surface area contributed by atoms with Gasteiger partial charge in [0.05, 0.1) is 17.9 Å². The highest BCUT2D eigenvalue weighted by atomic mass is 19.1. The highest BCUT2D eigenvalue weighted by Gasteiger charge is 2.13. The van der Waals surface area contributed by atoms with Gasteiger partial charge in [-0.2, -0.15) is 5.10 Å². The van der Waals surface area contributed by atoms with E-state index in [1.165, 1.54) is 12.1 Å². The summed E-state index contributed by atoms with van der Waals surface area (Å²) >= 11 is 0. The van der Waals surface area contributed by atoms with Crippen LogP contribution in [-0.4, -0.2) is 22.3 Å². The lowest BCUT2D eigenvalue weighted by Crippen LogP contribution is -2.37. The summed E-state index contributed by atoms with van der Waals surface area (Å²) in [6.07, 6.45) is 0. The van der Waals surface area contributed by atoms with E-state index < -0.39 is 0 Å². The number of aliphatic imine (C=N–C) groups is 1. The molecular weight excluding hydrogens is 353 g/mol. The summed E-state index contributed by atoms with van der Waals surface area (Å²) in [5.41, 5.74) is 5.25. The summed E-state index contributed by atoms with van der Waals surface area (Å²) in [5.74, 6) is 0.484. The first-order valence-corrected chi connectivity index (χ1v) is 9.45. The first-order valence-electron chi connectivity index (χ1n) is 9.45. The smallest absolute Gasteiger partial charge is 0.191 e. The molecule has 0 amide bonds. The van der Waals surface area contributed by atoms with Crippen molar-refractivity contribution in [2.24, 2.45) is 4.99 Å². The quantitative estimate of drug-likeness (QED) is 0.505. The Hall–Kier alpha value is -3.15. The zero-order chi connectivity index (χ0) is 19.9. The summed E-state index contributed by atoms with van der Waals surface area (Å²) in [6.45, 7) is 7.99. The van der Waals surface area contributed by atoms with Crippen LogP contribution in [-0.2, 0) is 13.1 Å². The van der Waals surface area contributed by atoms with Crippen LogP contribution in [0.2, 0.25) is 0 Å². The lowest BCUT2D eigenvalue weighted by atomic mass is 10.2. The molecule has 0 saturated carbocycles. The van der Waals surface area contributed by atoms with E-state index in [9.17, 15) is 4.39 Å². The SMILES string of the molecule is CCNC(=NCc1ccc(F)cc1)NCc1c(C)nn(-c2ccccc2)c1C. The largest absolute Gasteiger partial charge is 0.357 e. The molecule has 1 aromatic heterocycles. The van der Waals surface area contributed by atoms with Crippen LogP contribution in [0.1, 0.15) is 29.4 Å². The Bertz CT molecular complexity index is 930. The molecule has 3 rings (SSSR count). The molecule has 0 bridgehead atoms. The van der Waals surface area contributed by atoms with Crippen LogP contribution in [0, 0.1) is 19.7 Å². The Balaban J connectivity index is 1.72. The van der Waals surface area contributed by atoms with Crippen molar-refractivity contribution in [2.45, 2.75) is 33.9 Å². The van der Waals surface area contributed by atoms with Crippen LogP contribution in [0.15, 0.2) is 59.6 Å². The van der Waals surface area contributed by atoms with Crippen molar-refractivity contribution >= 4 is 5.96 Å². The first-order chi connectivity index (χ1) is 13.6. The van der Waals surface area contributed by atoms with E-state index in [1.807, 2.05) is 48.9 Å². The fourth-order valence-electron chi connectivity index (χ4n) is 3.03. The molecule has 0 aliphatic heterocycles. The van der Waals surface area contributed by atoms with Gasteiger partial charge in [-0.25, -0.2) is 14.1 Å². The second-order valence-corrected chi connectivity index (χ2v) is 6.57. The zero-order valence-corrected chi connectivity index (χ0v) is 16.5. The van der Waals surface area contributed by atoms with E-state index in [0.29, 0.717) is 13.1 Å². The van der Waals surface area contributed by atoms with Crippen molar-refractivity contribution in [3.8, 4) is 5.69 Å². The number of nitrogens with zero attached hydrogens (tertiary/aromatic N) is 3. The lowest BCUT2D eigenvalue weighted by Gasteiger charge is -2.12. The van der Waals surface area contributed by atoms with Crippen LogP contribution in [0.4, 0.5) is 4.39 Å². The third kappa shape index (κ3) is 4.76. The van der Waals surface area contributed by atoms with Crippen LogP contribution in [0.5, 0.6) is 0 Å². The topological polar surface area (TPSA) is 54.2 Å². The van der Waals surface area contributed by atoms with Gasteiger partial charge in [0, 0.05) is 24.3 Å². The molecule has 0 unspecified atom stereocenters. The van der Waals surface area contributed by atoms with Crippen molar-refractivity contribution < 1.29 is 4.39 Å². The molecule has 146 valence electrons. The molecule has 3 aromatic rings. The van der Waals surface area contributed by atoms with Gasteiger partial charge >= 0.3 is 0 Å². The molecule has 6 heteroatoms. The molecule has 0 radical (unpaired) electrons. The van der Waals surface area contributed by atoms with Gasteiger partial charge in [-0.1, -0.05) is 30.3 Å². The minimum absolute atomic E-state index is 0.237. The lowest BCUT2D eigenvalue weighted by molar-refractivity contribution is 0.627. The van der Waals surface area contributed by atoms with Gasteiger partial charge in [0.15, 0.2) is 5.96 Å². The summed E-state index contributed by atoms with van der Waals surface area (Å²) < 4.78 is 15.0. The number of aromatic nitrogens is 2. The van der Waals surface area contributed by atoms with Crippen molar-refractivity contribution in [3.63, 3.8) is 0 Å². The summed E-state index contributed by atoms with van der Waals surface area (Å²) in [5, 5.41) is 11.3. The van der Waals surface area contributed by atoms with E-state index in [2.05, 4.69) is 27.6 Å². The Labute approximate surface area is 165 Å². The molecule has 2 aromatic carbocycles. The Morgan fingerprint density at radius 1 is 1.04 bits per heavy atom. The minimum Gasteiger partial charge on any atom is -0.357 e. The molecule has 0 spiro atoms. The van der Waals surface area contributed by atoms with E-state index >= 15 is 0 Å². The number of aryl methyl sites for hydroxylation is 1. The van der Waals surface area contributed by atoms with Crippen LogP contribution in [0.3, 0.4) is 0 Å². The summed E-state index contributed by atoms with van der Waals surface area (Å²) in [4.78, 5) is 4.60. The highest BCUT2D eigenvalue weighted by Crippen LogP contribution is 2.17. The highest BCUT2D eigenvalue weighted by molar-refractivity contribution is 5.79. The van der Waals surface area contributed by atoms with Gasteiger partial charge in [-0.3, -0.25) is 0 Å². The summed E-state index contributed by atoms with van der Waals surface area (Å²) in [7, 11) is 0. The van der Waals surface area contributed by atoms with Crippen LogP contribution >= 0.6 is 0 Å². The van der Waals surface area contributed by atoms with E-state index in [-0.39, 0.29) is 5.82 Å². The van der Waals surface area contributed by atoms with Crippen molar-refractivity contribution in [3.05, 3.63) is 82.9 Å². The number of hydrogen-bond acceptors (Lipinski definition) is 2. The maximum absolute atomic E-state index is 13.0. The molecule has 0 aliphatic rings. The third-order valence-corrected chi connectivity index (χ3v) is 4.55. The molecule has 2 N–H and O–H groups in total. The molecule has 28 heavy (non-hydrogen) atoms. The molecular formula is C22H26FN5. The maximum atomic E-state index is 13.0. The number of hydrogen-bond donors (Lipinski definition) is 2. The van der Waals surface area contributed by atoms with Gasteiger partial charge in [0.25, 0.3) is 0 Å². The molecule has 0 saturated heterocycles. The Morgan fingerprint density at radius 2 is 1.75 bits per heavy atom. The fourth-order valence-corrected chi connectivity index (χ4v) is 3.03. The molecule has 0 atom stereocenters. The second kappa shape index (κ2) is 9.17. The average Bonchev–Trinajstić information content (AvgIpc) is 3.00. The van der Waals surface area contributed by atoms with E-state index in [0.717, 1.165) is 40.7 Å². The second-order valence-electron chi connectivity index (χ2n) is 6.57. The van der Waals surface area contributed by atoms with Gasteiger partial charge < -0.3 is 10.6 Å². The number of rotatable bonds is 6. The van der Waals surface area contributed by atoms with Gasteiger partial charge in [0.2, 0.25) is 0 Å². The van der Waals surface area contributed by atoms with Crippen molar-refractivity contribution in [1.29, 1.82) is 0 Å². The Kier molecular flexibility index (Phi) is 6.42. The number of para-hydroxylation sites is 1. The summed E-state index contributed by atoms with van der Waals surface area (Å²) in [6, 6.07) is 16.5. The number of benzene rings is 2. The maximum Gasteiger partial charge on any atom is 0.191 e. The standard InChI is InChI=1S/C22H26FN5/c1-4-24-22(25-14-18-10-12-19(23)13-11-18)26-15-21-16(2)27-28(17(21)3)20-8-6-5-7-9-20/h5-13H,4,14-15H2,1-3H3,(H2,24,25,26). The predicted octanol–water partition coefficient (Wildman–Crippen LogP) is 3.88. The van der Waals surface area contributed by atoms with Crippen LogP contribution < -0.4 is 10.6 Å². The molecule has 5 nitrogen and oxygen atoms in total. The number of nitrogens with one attached hydrogen (secondary N) is 2. The van der Waals surface area contributed by atoms with Crippen molar-refractivity contribution in [2.75, 3.05) is 6.54 Å². The van der Waals surface area contributed by atoms with Gasteiger partial charge in [-0.15, -0.1) is 0 Å². The van der Waals surface area contributed by atoms with Gasteiger partial charge in [-0.05, 0) is 50.6 Å². The first kappa shape index (κ1) is 19.6. The fraction of sp³-hybridized carbons (Fsp3) is 0.273. The van der Waals surface area contributed by atoms with Crippen LogP contribution in [0.25, 0.3) is 5.69 Å². The van der Waals surface area contributed by atoms with Crippen molar-refractivity contribution in [1.82, 2.24) is 20.4 Å². The van der Waals surface area contributed by atoms with Gasteiger partial charge in [0.1, 0.15) is 5.82 Å². The average molecular weight is 379 g/mol. The molecule has 0 fully saturated rings. The molecule has 1 heterocycles. The monoisotopic (exact) mass is 379 g/mol. The zero-order valence-electron chi connectivity index (χ0n) is 16.5. The normalized spacial score (nSPS) is 11.5. The number of guanidine groups is 1.